The molecule has 3 unspecified atom stereocenters. The molecule has 13 heteroatoms. The van der Waals surface area contributed by atoms with Gasteiger partial charge in [-0.3, -0.25) is 0 Å². The van der Waals surface area contributed by atoms with Gasteiger partial charge < -0.3 is 0 Å². The van der Waals surface area contributed by atoms with E-state index in [0.29, 0.717) is 0 Å². The maximum atomic E-state index is 14.0. The molecule has 0 aliphatic heterocycles. The third-order valence-electron chi connectivity index (χ3n) is 4.54. The smallest absolute Gasteiger partial charge is 0.199 e. The van der Waals surface area contributed by atoms with Gasteiger partial charge in [-0.2, -0.15) is 57.1 Å². The molecule has 1 aliphatic rings. The Bertz CT molecular complexity index is 519. The van der Waals surface area contributed by atoms with E-state index in [4.69, 9.17) is 0 Å². The lowest BCUT2D eigenvalue weighted by Crippen LogP contribution is -2.71. The molecule has 0 radical (unpaired) electrons. The third-order valence-corrected chi connectivity index (χ3v) is 4.54. The summed E-state index contributed by atoms with van der Waals surface area (Å²) in [7, 11) is 0. The molecular weight excluding hydrogens is 403 g/mol. The summed E-state index contributed by atoms with van der Waals surface area (Å²) in [6, 6.07) is 0. The lowest BCUT2D eigenvalue weighted by atomic mass is 9.83. The molecule has 0 N–H and O–H groups in total. The van der Waals surface area contributed by atoms with E-state index in [-0.39, 0.29) is 6.42 Å². The monoisotopic (exact) mass is 416 g/mol. The van der Waals surface area contributed by atoms with Crippen LogP contribution in [0.25, 0.3) is 0 Å². The molecule has 0 spiro atoms. The van der Waals surface area contributed by atoms with Gasteiger partial charge in [0, 0.05) is 5.92 Å². The summed E-state index contributed by atoms with van der Waals surface area (Å²) in [4.78, 5) is 0. The van der Waals surface area contributed by atoms with E-state index in [1.54, 1.807) is 0 Å². The van der Waals surface area contributed by atoms with Crippen molar-refractivity contribution in [3.8, 4) is 0 Å². The summed E-state index contributed by atoms with van der Waals surface area (Å²) >= 11 is 0. The van der Waals surface area contributed by atoms with Crippen molar-refractivity contribution in [2.24, 2.45) is 17.8 Å². The van der Waals surface area contributed by atoms with E-state index in [2.05, 4.69) is 0 Å². The number of hydrogen-bond acceptors (Lipinski definition) is 0. The summed E-state index contributed by atoms with van der Waals surface area (Å²) in [6.45, 7) is 2.20. The lowest BCUT2D eigenvalue weighted by molar-refractivity contribution is -0.443. The van der Waals surface area contributed by atoms with E-state index in [0.717, 1.165) is 6.92 Å². The highest BCUT2D eigenvalue weighted by Gasteiger charge is 2.91. The van der Waals surface area contributed by atoms with E-state index in [9.17, 15) is 57.1 Å². The van der Waals surface area contributed by atoms with E-state index >= 15 is 0 Å². The van der Waals surface area contributed by atoms with Crippen LogP contribution in [-0.4, -0.2) is 35.8 Å². The summed E-state index contributed by atoms with van der Waals surface area (Å²) in [5, 5.41) is 0. The number of hydrogen-bond donors (Lipinski definition) is 0. The zero-order valence-corrected chi connectivity index (χ0v) is 13.1. The SMILES string of the molecule is CC1CC(C)C(C(F)(F)C(F)(F)C(F)(F)C(F)(F)C(F)(F)C(F)(F)F)C1. The summed E-state index contributed by atoms with van der Waals surface area (Å²) in [5.74, 6) is -41.0. The van der Waals surface area contributed by atoms with Gasteiger partial charge in [-0.1, -0.05) is 13.8 Å². The van der Waals surface area contributed by atoms with Crippen molar-refractivity contribution in [2.75, 3.05) is 0 Å². The molecule has 156 valence electrons. The van der Waals surface area contributed by atoms with Crippen molar-refractivity contribution < 1.29 is 57.1 Å². The highest BCUT2D eigenvalue weighted by Crippen LogP contribution is 2.63. The molecule has 0 bridgehead atoms. The molecule has 1 rings (SSSR count). The van der Waals surface area contributed by atoms with Gasteiger partial charge in [-0.05, 0) is 24.7 Å². The van der Waals surface area contributed by atoms with Crippen LogP contribution in [0.2, 0.25) is 0 Å². The van der Waals surface area contributed by atoms with Crippen LogP contribution in [0.1, 0.15) is 26.7 Å². The van der Waals surface area contributed by atoms with Crippen molar-refractivity contribution in [1.29, 1.82) is 0 Å². The Hall–Kier alpha value is -0.910. The quantitative estimate of drug-likeness (QED) is 0.455. The number of halogens is 13. The zero-order valence-electron chi connectivity index (χ0n) is 13.1. The van der Waals surface area contributed by atoms with Crippen molar-refractivity contribution in [2.45, 2.75) is 62.5 Å². The maximum absolute atomic E-state index is 14.0. The lowest BCUT2D eigenvalue weighted by Gasteiger charge is -2.42. The molecule has 0 aromatic rings. The fourth-order valence-corrected chi connectivity index (χ4v) is 3.08. The fourth-order valence-electron chi connectivity index (χ4n) is 3.08. The third kappa shape index (κ3) is 2.92. The van der Waals surface area contributed by atoms with Gasteiger partial charge in [0.05, 0.1) is 0 Å². The molecule has 0 heterocycles. The van der Waals surface area contributed by atoms with Crippen LogP contribution in [0.15, 0.2) is 0 Å². The first-order chi connectivity index (χ1) is 11.2. The second kappa shape index (κ2) is 6.05. The van der Waals surface area contributed by atoms with Crippen LogP contribution < -0.4 is 0 Å². The molecule has 1 aliphatic carbocycles. The minimum atomic E-state index is -7.82. The molecule has 1 saturated carbocycles. The van der Waals surface area contributed by atoms with Gasteiger partial charge in [0.1, 0.15) is 0 Å². The van der Waals surface area contributed by atoms with E-state index < -0.39 is 60.0 Å². The number of rotatable bonds is 5. The van der Waals surface area contributed by atoms with E-state index in [1.165, 1.54) is 6.92 Å². The Balaban J connectivity index is 3.44. The molecule has 0 aromatic carbocycles. The maximum Gasteiger partial charge on any atom is 0.460 e. The molecule has 1 fully saturated rings. The Kier molecular flexibility index (Phi) is 5.38. The van der Waals surface area contributed by atoms with Gasteiger partial charge in [-0.25, -0.2) is 0 Å². The van der Waals surface area contributed by atoms with Crippen LogP contribution in [-0.2, 0) is 0 Å². The predicted octanol–water partition coefficient (Wildman–Crippen LogP) is 6.41. The van der Waals surface area contributed by atoms with Gasteiger partial charge in [0.15, 0.2) is 0 Å². The van der Waals surface area contributed by atoms with Gasteiger partial charge in [0.25, 0.3) is 0 Å². The largest absolute Gasteiger partial charge is 0.460 e. The molecule has 0 nitrogen and oxygen atoms in total. The van der Waals surface area contributed by atoms with Crippen LogP contribution in [0.3, 0.4) is 0 Å². The van der Waals surface area contributed by atoms with Gasteiger partial charge >= 0.3 is 35.8 Å². The molecule has 0 aromatic heterocycles. The Morgan fingerprint density at radius 1 is 0.538 bits per heavy atom. The first-order valence-electron chi connectivity index (χ1n) is 7.12. The average molecular weight is 416 g/mol. The van der Waals surface area contributed by atoms with Crippen molar-refractivity contribution in [1.82, 2.24) is 0 Å². The van der Waals surface area contributed by atoms with Crippen LogP contribution in [0, 0.1) is 17.8 Å². The zero-order chi connectivity index (χ0) is 21.1. The topological polar surface area (TPSA) is 0 Å². The summed E-state index contributed by atoms with van der Waals surface area (Å²) in [5.41, 5.74) is 0. The molecule has 0 saturated heterocycles. The second-order valence-electron chi connectivity index (χ2n) is 6.58. The van der Waals surface area contributed by atoms with Crippen molar-refractivity contribution in [3.63, 3.8) is 0 Å². The second-order valence-corrected chi connectivity index (χ2v) is 6.58. The normalized spacial score (nSPS) is 27.1. The van der Waals surface area contributed by atoms with Crippen molar-refractivity contribution in [3.05, 3.63) is 0 Å². The summed E-state index contributed by atoms with van der Waals surface area (Å²) < 4.78 is 170. The summed E-state index contributed by atoms with van der Waals surface area (Å²) in [6.07, 6.45) is -8.36. The molecule has 0 amide bonds. The number of alkyl halides is 13. The molecule has 3 atom stereocenters. The highest BCUT2D eigenvalue weighted by atomic mass is 19.4. The standard InChI is InChI=1S/C13H13F13/c1-5-3-6(2)7(4-5)8(14,15)9(16,17)10(18,19)11(20,21)12(22,23)13(24,25)26/h5-7H,3-4H2,1-2H3. The van der Waals surface area contributed by atoms with Crippen LogP contribution in [0.4, 0.5) is 57.1 Å². The first-order valence-corrected chi connectivity index (χ1v) is 7.12. The van der Waals surface area contributed by atoms with Crippen LogP contribution in [0.5, 0.6) is 0 Å². The van der Waals surface area contributed by atoms with E-state index in [1.807, 2.05) is 0 Å². The Morgan fingerprint density at radius 2 is 0.923 bits per heavy atom. The van der Waals surface area contributed by atoms with Crippen molar-refractivity contribution >= 4 is 0 Å². The first kappa shape index (κ1) is 23.1. The Labute approximate surface area is 138 Å². The Morgan fingerprint density at radius 3 is 1.23 bits per heavy atom. The highest BCUT2D eigenvalue weighted by molar-refractivity contribution is 5.12. The average Bonchev–Trinajstić information content (AvgIpc) is 2.76. The minimum absolute atomic E-state index is 0.170. The molecular formula is C13H13F13. The predicted molar refractivity (Wildman–Crippen MR) is 61.8 cm³/mol. The van der Waals surface area contributed by atoms with Crippen LogP contribution >= 0.6 is 0 Å². The molecule has 26 heavy (non-hydrogen) atoms. The van der Waals surface area contributed by atoms with Gasteiger partial charge in [-0.15, -0.1) is 0 Å². The minimum Gasteiger partial charge on any atom is -0.199 e. The fraction of sp³-hybridized carbons (Fsp3) is 1.00. The van der Waals surface area contributed by atoms with Gasteiger partial charge in [0.2, 0.25) is 0 Å².